The van der Waals surface area contributed by atoms with Crippen molar-refractivity contribution in [2.45, 2.75) is 45.9 Å². The molecule has 0 spiro atoms. The number of hydrogen-bond acceptors (Lipinski definition) is 4. The van der Waals surface area contributed by atoms with Gasteiger partial charge in [-0.3, -0.25) is 14.5 Å². The van der Waals surface area contributed by atoms with Crippen molar-refractivity contribution in [3.05, 3.63) is 40.5 Å². The van der Waals surface area contributed by atoms with Gasteiger partial charge in [0.2, 0.25) is 0 Å². The SMILES string of the molecule is CC1CN(C2=C(c3ccc(Cl)cc3)C(=O)N(C(C)C)C2=O)CC(C)O1. The van der Waals surface area contributed by atoms with E-state index >= 15 is 0 Å². The van der Waals surface area contributed by atoms with Gasteiger partial charge in [-0.25, -0.2) is 0 Å². The Kier molecular flexibility index (Phi) is 4.89. The Morgan fingerprint density at radius 3 is 2.12 bits per heavy atom. The molecule has 0 saturated carbocycles. The molecular formula is C19H23ClN2O3. The third kappa shape index (κ3) is 3.31. The normalized spacial score (nSPS) is 24.7. The summed E-state index contributed by atoms with van der Waals surface area (Å²) in [5, 5.41) is 0.594. The van der Waals surface area contributed by atoms with E-state index in [4.69, 9.17) is 16.3 Å². The molecule has 1 fully saturated rings. The lowest BCUT2D eigenvalue weighted by molar-refractivity contribution is -0.140. The van der Waals surface area contributed by atoms with Crippen molar-refractivity contribution in [1.29, 1.82) is 0 Å². The molecule has 2 aliphatic heterocycles. The van der Waals surface area contributed by atoms with Crippen LogP contribution >= 0.6 is 11.6 Å². The number of amides is 2. The standard InChI is InChI=1S/C19H23ClN2O3/c1-11(2)22-18(23)16(14-5-7-15(20)8-6-14)17(19(22)24)21-9-12(3)25-13(4)10-21/h5-8,11-13H,9-10H2,1-4H3. The lowest BCUT2D eigenvalue weighted by Gasteiger charge is -2.37. The molecule has 0 bridgehead atoms. The minimum atomic E-state index is -0.246. The minimum Gasteiger partial charge on any atom is -0.372 e. The molecule has 25 heavy (non-hydrogen) atoms. The second-order valence-electron chi connectivity index (χ2n) is 6.97. The van der Waals surface area contributed by atoms with Gasteiger partial charge in [0.15, 0.2) is 0 Å². The lowest BCUT2D eigenvalue weighted by atomic mass is 10.0. The first kappa shape index (κ1) is 18.0. The Morgan fingerprint density at radius 1 is 1.04 bits per heavy atom. The van der Waals surface area contributed by atoms with Gasteiger partial charge in [-0.1, -0.05) is 23.7 Å². The summed E-state index contributed by atoms with van der Waals surface area (Å²) in [5.74, 6) is -0.477. The number of carbonyl (C=O) groups is 2. The number of nitrogens with zero attached hydrogens (tertiary/aromatic N) is 2. The van der Waals surface area contributed by atoms with Gasteiger partial charge >= 0.3 is 0 Å². The van der Waals surface area contributed by atoms with Crippen LogP contribution in [0.2, 0.25) is 5.02 Å². The molecule has 2 unspecified atom stereocenters. The number of benzene rings is 1. The fourth-order valence-corrected chi connectivity index (χ4v) is 3.66. The first-order valence-corrected chi connectivity index (χ1v) is 8.96. The smallest absolute Gasteiger partial charge is 0.278 e. The number of carbonyl (C=O) groups excluding carboxylic acids is 2. The van der Waals surface area contributed by atoms with Crippen LogP contribution in [0.3, 0.4) is 0 Å². The first-order chi connectivity index (χ1) is 11.8. The van der Waals surface area contributed by atoms with Gasteiger partial charge in [0.05, 0.1) is 17.8 Å². The van der Waals surface area contributed by atoms with Crippen LogP contribution in [0.25, 0.3) is 5.57 Å². The van der Waals surface area contributed by atoms with E-state index in [9.17, 15) is 9.59 Å². The molecule has 2 aliphatic rings. The van der Waals surface area contributed by atoms with Crippen molar-refractivity contribution in [2.24, 2.45) is 0 Å². The molecule has 5 nitrogen and oxygen atoms in total. The molecule has 2 atom stereocenters. The fraction of sp³-hybridized carbons (Fsp3) is 0.474. The van der Waals surface area contributed by atoms with Crippen LogP contribution in [0.1, 0.15) is 33.3 Å². The van der Waals surface area contributed by atoms with Crippen molar-refractivity contribution >= 4 is 29.0 Å². The molecule has 134 valence electrons. The quantitative estimate of drug-likeness (QED) is 0.776. The summed E-state index contributed by atoms with van der Waals surface area (Å²) >= 11 is 5.98. The van der Waals surface area contributed by atoms with Crippen LogP contribution in [-0.2, 0) is 14.3 Å². The van der Waals surface area contributed by atoms with Crippen molar-refractivity contribution in [3.63, 3.8) is 0 Å². The van der Waals surface area contributed by atoms with E-state index in [-0.39, 0.29) is 30.1 Å². The Hall–Kier alpha value is -1.85. The molecule has 2 heterocycles. The van der Waals surface area contributed by atoms with E-state index < -0.39 is 0 Å². The number of ether oxygens (including phenoxy) is 1. The molecule has 2 amide bonds. The maximum Gasteiger partial charge on any atom is 0.278 e. The summed E-state index contributed by atoms with van der Waals surface area (Å²) in [6.45, 7) is 8.83. The molecule has 6 heteroatoms. The second kappa shape index (κ2) is 6.81. The average Bonchev–Trinajstić information content (AvgIpc) is 2.78. The molecule has 1 aromatic rings. The highest BCUT2D eigenvalue weighted by molar-refractivity contribution is 6.36. The summed E-state index contributed by atoms with van der Waals surface area (Å²) in [4.78, 5) is 29.4. The van der Waals surface area contributed by atoms with Crippen molar-refractivity contribution in [3.8, 4) is 0 Å². The van der Waals surface area contributed by atoms with Crippen molar-refractivity contribution in [1.82, 2.24) is 9.80 Å². The Bertz CT molecular complexity index is 717. The van der Waals surface area contributed by atoms with Gasteiger partial charge in [0.1, 0.15) is 5.70 Å². The maximum absolute atomic E-state index is 13.1. The first-order valence-electron chi connectivity index (χ1n) is 8.58. The van der Waals surface area contributed by atoms with E-state index in [0.29, 0.717) is 34.9 Å². The van der Waals surface area contributed by atoms with Gasteiger partial charge in [0.25, 0.3) is 11.8 Å². The predicted octanol–water partition coefficient (Wildman–Crippen LogP) is 2.94. The van der Waals surface area contributed by atoms with E-state index in [2.05, 4.69) is 0 Å². The molecule has 0 radical (unpaired) electrons. The Labute approximate surface area is 153 Å². The number of halogens is 1. The zero-order valence-corrected chi connectivity index (χ0v) is 15.7. The van der Waals surface area contributed by atoms with Crippen LogP contribution in [0.5, 0.6) is 0 Å². The summed E-state index contributed by atoms with van der Waals surface area (Å²) < 4.78 is 5.78. The summed E-state index contributed by atoms with van der Waals surface area (Å²) in [5.41, 5.74) is 1.65. The highest BCUT2D eigenvalue weighted by atomic mass is 35.5. The number of rotatable bonds is 3. The minimum absolute atomic E-state index is 0.00119. The number of imide groups is 1. The highest BCUT2D eigenvalue weighted by Gasteiger charge is 2.44. The van der Waals surface area contributed by atoms with Gasteiger partial charge < -0.3 is 9.64 Å². The van der Waals surface area contributed by atoms with Crippen LogP contribution < -0.4 is 0 Å². The summed E-state index contributed by atoms with van der Waals surface area (Å²) in [6, 6.07) is 6.86. The monoisotopic (exact) mass is 362 g/mol. The molecule has 0 N–H and O–H groups in total. The fourth-order valence-electron chi connectivity index (χ4n) is 3.53. The van der Waals surface area contributed by atoms with E-state index in [0.717, 1.165) is 0 Å². The average molecular weight is 363 g/mol. The molecule has 0 aliphatic carbocycles. The zero-order valence-electron chi connectivity index (χ0n) is 15.0. The summed E-state index contributed by atoms with van der Waals surface area (Å²) in [7, 11) is 0. The third-order valence-corrected chi connectivity index (χ3v) is 4.73. The van der Waals surface area contributed by atoms with Gasteiger partial charge in [-0.15, -0.1) is 0 Å². The van der Waals surface area contributed by atoms with Crippen molar-refractivity contribution in [2.75, 3.05) is 13.1 Å². The molecule has 0 aromatic heterocycles. The Morgan fingerprint density at radius 2 is 1.60 bits per heavy atom. The van der Waals surface area contributed by atoms with Gasteiger partial charge in [-0.05, 0) is 45.4 Å². The van der Waals surface area contributed by atoms with Gasteiger partial charge in [-0.2, -0.15) is 0 Å². The zero-order chi connectivity index (χ0) is 18.3. The summed E-state index contributed by atoms with van der Waals surface area (Å²) in [6.07, 6.45) is -0.00237. The van der Waals surface area contributed by atoms with E-state index in [1.807, 2.05) is 32.6 Å². The van der Waals surface area contributed by atoms with E-state index in [1.54, 1.807) is 24.3 Å². The highest BCUT2D eigenvalue weighted by Crippen LogP contribution is 2.34. The molecule has 3 rings (SSSR count). The maximum atomic E-state index is 13.1. The number of hydrogen-bond donors (Lipinski definition) is 0. The topological polar surface area (TPSA) is 49.9 Å². The van der Waals surface area contributed by atoms with Gasteiger partial charge in [0, 0.05) is 24.2 Å². The number of morpholine rings is 1. The molecule has 1 aromatic carbocycles. The van der Waals surface area contributed by atoms with Crippen LogP contribution in [0.15, 0.2) is 30.0 Å². The Balaban J connectivity index is 2.11. The largest absolute Gasteiger partial charge is 0.372 e. The van der Waals surface area contributed by atoms with Crippen LogP contribution in [0.4, 0.5) is 0 Å². The molecule has 1 saturated heterocycles. The van der Waals surface area contributed by atoms with Crippen molar-refractivity contribution < 1.29 is 14.3 Å². The van der Waals surface area contributed by atoms with Crippen LogP contribution in [0, 0.1) is 0 Å². The lowest BCUT2D eigenvalue weighted by Crippen LogP contribution is -2.47. The van der Waals surface area contributed by atoms with E-state index in [1.165, 1.54) is 4.90 Å². The third-order valence-electron chi connectivity index (χ3n) is 4.48. The predicted molar refractivity (Wildman–Crippen MR) is 96.9 cm³/mol. The van der Waals surface area contributed by atoms with Crippen LogP contribution in [-0.4, -0.2) is 53.0 Å². The second-order valence-corrected chi connectivity index (χ2v) is 7.40. The molecular weight excluding hydrogens is 340 g/mol.